The van der Waals surface area contributed by atoms with Crippen molar-refractivity contribution in [3.63, 3.8) is 0 Å². The summed E-state index contributed by atoms with van der Waals surface area (Å²) in [5, 5.41) is 5.13. The van der Waals surface area contributed by atoms with Crippen molar-refractivity contribution in [1.29, 1.82) is 0 Å². The number of anilines is 1. The lowest BCUT2D eigenvalue weighted by Gasteiger charge is -2.16. The van der Waals surface area contributed by atoms with Crippen molar-refractivity contribution in [2.45, 2.75) is 19.6 Å². The van der Waals surface area contributed by atoms with Gasteiger partial charge in [-0.15, -0.1) is 6.58 Å². The molecule has 0 radical (unpaired) electrons. The molecule has 0 saturated heterocycles. The number of amides is 2. The van der Waals surface area contributed by atoms with E-state index in [1.807, 2.05) is 43.3 Å². The third kappa shape index (κ3) is 5.31. The fourth-order valence-electron chi connectivity index (χ4n) is 2.15. The lowest BCUT2D eigenvalue weighted by molar-refractivity contribution is -0.117. The zero-order valence-electron chi connectivity index (χ0n) is 14.6. The van der Waals surface area contributed by atoms with E-state index in [1.165, 1.54) is 6.08 Å². The summed E-state index contributed by atoms with van der Waals surface area (Å²) in [6, 6.07) is 11.9. The second kappa shape index (κ2) is 9.17. The molecule has 6 nitrogen and oxygen atoms in total. The molecule has 2 rings (SSSR count). The van der Waals surface area contributed by atoms with Crippen LogP contribution in [0.4, 0.5) is 10.6 Å². The average molecular weight is 351 g/mol. The maximum Gasteiger partial charge on any atom is 0.408 e. The Hall–Kier alpha value is -3.41. The van der Waals surface area contributed by atoms with E-state index in [1.54, 1.807) is 12.1 Å². The van der Waals surface area contributed by atoms with Crippen LogP contribution in [0.15, 0.2) is 61.7 Å². The quantitative estimate of drug-likeness (QED) is 0.749. The SMILES string of the molecule is C=Cc1ccc(C)nc1NC(=O)[C@H](C=C)NC(=O)OCc1ccccc1. The first-order chi connectivity index (χ1) is 12.5. The van der Waals surface area contributed by atoms with Gasteiger partial charge < -0.3 is 15.4 Å². The fourth-order valence-corrected chi connectivity index (χ4v) is 2.15. The predicted molar refractivity (Wildman–Crippen MR) is 101 cm³/mol. The molecule has 2 aromatic rings. The highest BCUT2D eigenvalue weighted by molar-refractivity contribution is 5.98. The number of rotatable bonds is 7. The Bertz CT molecular complexity index is 803. The van der Waals surface area contributed by atoms with E-state index < -0.39 is 18.0 Å². The molecule has 0 spiro atoms. The fraction of sp³-hybridized carbons (Fsp3) is 0.150. The minimum atomic E-state index is -0.960. The Morgan fingerprint density at radius 1 is 1.19 bits per heavy atom. The van der Waals surface area contributed by atoms with Crippen LogP contribution in [0.2, 0.25) is 0 Å². The van der Waals surface area contributed by atoms with Gasteiger partial charge in [-0.3, -0.25) is 4.79 Å². The Labute approximate surface area is 152 Å². The number of hydrogen-bond donors (Lipinski definition) is 2. The van der Waals surface area contributed by atoms with Crippen LogP contribution < -0.4 is 10.6 Å². The first kappa shape index (κ1) is 18.9. The van der Waals surface area contributed by atoms with Gasteiger partial charge in [0.1, 0.15) is 18.5 Å². The van der Waals surface area contributed by atoms with Crippen LogP contribution in [0.5, 0.6) is 0 Å². The number of aromatic nitrogens is 1. The summed E-state index contributed by atoms with van der Waals surface area (Å²) in [6.07, 6.45) is 2.20. The first-order valence-corrected chi connectivity index (χ1v) is 8.04. The van der Waals surface area contributed by atoms with Crippen LogP contribution >= 0.6 is 0 Å². The Morgan fingerprint density at radius 2 is 1.92 bits per heavy atom. The normalized spacial score (nSPS) is 11.1. The maximum atomic E-state index is 12.4. The van der Waals surface area contributed by atoms with Crippen LogP contribution in [0.25, 0.3) is 6.08 Å². The molecule has 1 atom stereocenters. The van der Waals surface area contributed by atoms with Crippen LogP contribution in [-0.4, -0.2) is 23.0 Å². The molecule has 6 heteroatoms. The van der Waals surface area contributed by atoms with E-state index in [9.17, 15) is 9.59 Å². The van der Waals surface area contributed by atoms with Gasteiger partial charge in [0, 0.05) is 11.3 Å². The first-order valence-electron chi connectivity index (χ1n) is 8.04. The second-order valence-electron chi connectivity index (χ2n) is 5.50. The zero-order chi connectivity index (χ0) is 18.9. The molecule has 2 N–H and O–H groups in total. The summed E-state index contributed by atoms with van der Waals surface area (Å²) < 4.78 is 5.12. The number of nitrogens with zero attached hydrogens (tertiary/aromatic N) is 1. The molecule has 0 aliphatic heterocycles. The van der Waals surface area contributed by atoms with Crippen molar-refractivity contribution >= 4 is 23.9 Å². The van der Waals surface area contributed by atoms with E-state index >= 15 is 0 Å². The number of carbonyl (C=O) groups is 2. The van der Waals surface area contributed by atoms with Gasteiger partial charge in [0.15, 0.2) is 0 Å². The molecule has 26 heavy (non-hydrogen) atoms. The summed E-state index contributed by atoms with van der Waals surface area (Å²) in [7, 11) is 0. The van der Waals surface area contributed by atoms with Gasteiger partial charge in [0.25, 0.3) is 5.91 Å². The molecule has 0 aliphatic rings. The van der Waals surface area contributed by atoms with Crippen molar-refractivity contribution in [2.24, 2.45) is 0 Å². The maximum absolute atomic E-state index is 12.4. The summed E-state index contributed by atoms with van der Waals surface area (Å²) in [4.78, 5) is 28.6. The van der Waals surface area contributed by atoms with Crippen LogP contribution in [-0.2, 0) is 16.1 Å². The number of pyridine rings is 1. The number of aryl methyl sites for hydroxylation is 1. The molecule has 1 aromatic heterocycles. The van der Waals surface area contributed by atoms with Gasteiger partial charge in [-0.25, -0.2) is 9.78 Å². The topological polar surface area (TPSA) is 80.3 Å². The van der Waals surface area contributed by atoms with E-state index in [0.29, 0.717) is 11.4 Å². The number of benzene rings is 1. The highest BCUT2D eigenvalue weighted by Gasteiger charge is 2.19. The van der Waals surface area contributed by atoms with Gasteiger partial charge >= 0.3 is 6.09 Å². The highest BCUT2D eigenvalue weighted by atomic mass is 16.5. The van der Waals surface area contributed by atoms with Crippen molar-refractivity contribution in [3.05, 3.63) is 78.5 Å². The van der Waals surface area contributed by atoms with Gasteiger partial charge in [0.05, 0.1) is 0 Å². The average Bonchev–Trinajstić information content (AvgIpc) is 2.65. The Morgan fingerprint density at radius 3 is 2.58 bits per heavy atom. The van der Waals surface area contributed by atoms with Gasteiger partial charge in [-0.05, 0) is 24.6 Å². The highest BCUT2D eigenvalue weighted by Crippen LogP contribution is 2.15. The summed E-state index contributed by atoms with van der Waals surface area (Å²) >= 11 is 0. The zero-order valence-corrected chi connectivity index (χ0v) is 14.6. The predicted octanol–water partition coefficient (Wildman–Crippen LogP) is 3.45. The molecule has 1 aromatic carbocycles. The molecule has 1 heterocycles. The summed E-state index contributed by atoms with van der Waals surface area (Å²) in [5.41, 5.74) is 2.27. The lowest BCUT2D eigenvalue weighted by atomic mass is 10.2. The minimum Gasteiger partial charge on any atom is -0.445 e. The molecule has 2 amide bonds. The van der Waals surface area contributed by atoms with Gasteiger partial charge in [-0.2, -0.15) is 0 Å². The molecule has 134 valence electrons. The van der Waals surface area contributed by atoms with E-state index in [2.05, 4.69) is 28.8 Å². The third-order valence-electron chi connectivity index (χ3n) is 3.53. The number of alkyl carbamates (subject to hydrolysis) is 1. The third-order valence-corrected chi connectivity index (χ3v) is 3.53. The largest absolute Gasteiger partial charge is 0.445 e. The standard InChI is InChI=1S/C20H21N3O3/c1-4-16-12-11-14(3)21-18(16)23-19(24)17(5-2)22-20(25)26-13-15-9-7-6-8-10-15/h4-12,17H,1-2,13H2,3H3,(H,22,25)(H,21,23,24)/t17-/m0/s1. The molecule has 0 unspecified atom stereocenters. The van der Waals surface area contributed by atoms with Crippen LogP contribution in [0, 0.1) is 6.92 Å². The van der Waals surface area contributed by atoms with Crippen molar-refractivity contribution in [2.75, 3.05) is 5.32 Å². The lowest BCUT2D eigenvalue weighted by Crippen LogP contribution is -2.42. The van der Waals surface area contributed by atoms with Crippen molar-refractivity contribution in [1.82, 2.24) is 10.3 Å². The summed E-state index contributed by atoms with van der Waals surface area (Å²) in [5.74, 6) is -0.103. The van der Waals surface area contributed by atoms with Crippen molar-refractivity contribution in [3.8, 4) is 0 Å². The van der Waals surface area contributed by atoms with Gasteiger partial charge in [0.2, 0.25) is 0 Å². The molecule has 0 fully saturated rings. The second-order valence-corrected chi connectivity index (χ2v) is 5.50. The molecular weight excluding hydrogens is 330 g/mol. The minimum absolute atomic E-state index is 0.109. The Kier molecular flexibility index (Phi) is 6.68. The van der Waals surface area contributed by atoms with Crippen LogP contribution in [0.1, 0.15) is 16.8 Å². The Balaban J connectivity index is 1.96. The van der Waals surface area contributed by atoms with E-state index in [0.717, 1.165) is 11.3 Å². The molecular formula is C20H21N3O3. The summed E-state index contributed by atoms with van der Waals surface area (Å²) in [6.45, 7) is 9.20. The number of nitrogens with one attached hydrogen (secondary N) is 2. The number of carbonyl (C=O) groups excluding carboxylic acids is 2. The van der Waals surface area contributed by atoms with Gasteiger partial charge in [-0.1, -0.05) is 49.1 Å². The number of hydrogen-bond acceptors (Lipinski definition) is 4. The molecule has 0 saturated carbocycles. The van der Waals surface area contributed by atoms with E-state index in [4.69, 9.17) is 4.74 Å². The van der Waals surface area contributed by atoms with E-state index in [-0.39, 0.29) is 6.61 Å². The smallest absolute Gasteiger partial charge is 0.408 e. The number of ether oxygens (including phenoxy) is 1. The van der Waals surface area contributed by atoms with Crippen molar-refractivity contribution < 1.29 is 14.3 Å². The molecule has 0 bridgehead atoms. The molecule has 0 aliphatic carbocycles. The van der Waals surface area contributed by atoms with Crippen LogP contribution in [0.3, 0.4) is 0 Å². The monoisotopic (exact) mass is 351 g/mol.